The zero-order chi connectivity index (χ0) is 27.5. The van der Waals surface area contributed by atoms with Crippen LogP contribution in [0.5, 0.6) is 0 Å². The number of nitrogens with one attached hydrogen (secondary N) is 1. The lowest BCUT2D eigenvalue weighted by Gasteiger charge is -2.38. The first kappa shape index (κ1) is 29.2. The Bertz CT molecular complexity index is 1060. The number of amides is 2. The third-order valence-electron chi connectivity index (χ3n) is 6.82. The number of carbonyl (C=O) groups is 3. The highest BCUT2D eigenvalue weighted by Gasteiger charge is 2.32. The van der Waals surface area contributed by atoms with Gasteiger partial charge in [-0.15, -0.1) is 0 Å². The maximum atomic E-state index is 13.6. The first-order chi connectivity index (χ1) is 18.2. The number of carbonyl (C=O) groups excluding carboxylic acids is 3. The molecule has 1 aliphatic rings. The van der Waals surface area contributed by atoms with Crippen LogP contribution in [0.4, 0.5) is 5.69 Å². The number of ether oxygens (including phenoxy) is 1. The monoisotopic (exact) mass is 522 g/mol. The van der Waals surface area contributed by atoms with Crippen LogP contribution in [-0.2, 0) is 32.0 Å². The van der Waals surface area contributed by atoms with Crippen molar-refractivity contribution >= 4 is 23.5 Å². The summed E-state index contributed by atoms with van der Waals surface area (Å²) in [6.07, 6.45) is 3.11. The Morgan fingerprint density at radius 3 is 2.29 bits per heavy atom. The third kappa shape index (κ3) is 8.58. The highest BCUT2D eigenvalue weighted by atomic mass is 16.5. The molecular weight excluding hydrogens is 480 g/mol. The van der Waals surface area contributed by atoms with E-state index in [1.807, 2.05) is 48.2 Å². The van der Waals surface area contributed by atoms with E-state index in [1.165, 1.54) is 5.56 Å². The van der Waals surface area contributed by atoms with Crippen molar-refractivity contribution in [2.75, 3.05) is 37.7 Å². The van der Waals surface area contributed by atoms with Crippen LogP contribution in [0.2, 0.25) is 0 Å². The van der Waals surface area contributed by atoms with Gasteiger partial charge in [0, 0.05) is 38.3 Å². The second-order valence-electron chi connectivity index (χ2n) is 10.4. The third-order valence-corrected chi connectivity index (χ3v) is 6.82. The minimum absolute atomic E-state index is 0.0640. The fourth-order valence-corrected chi connectivity index (χ4v) is 4.65. The molecule has 8 heteroatoms. The number of hydrogen-bond donors (Lipinski definition) is 2. The lowest BCUT2D eigenvalue weighted by molar-refractivity contribution is -0.143. The number of piperazine rings is 1. The summed E-state index contributed by atoms with van der Waals surface area (Å²) < 4.78 is 5.08. The van der Waals surface area contributed by atoms with E-state index < -0.39 is 11.6 Å². The average molecular weight is 523 g/mol. The minimum Gasteiger partial charge on any atom is -0.466 e. The van der Waals surface area contributed by atoms with Gasteiger partial charge in [0.25, 0.3) is 0 Å². The number of benzene rings is 2. The molecule has 1 heterocycles. The Morgan fingerprint density at radius 1 is 0.974 bits per heavy atom. The fraction of sp³-hybridized carbons (Fsp3) is 0.500. The van der Waals surface area contributed by atoms with Crippen LogP contribution >= 0.6 is 0 Å². The van der Waals surface area contributed by atoms with Gasteiger partial charge in [0.2, 0.25) is 11.8 Å². The van der Waals surface area contributed by atoms with Gasteiger partial charge in [-0.05, 0) is 63.6 Å². The number of anilines is 1. The van der Waals surface area contributed by atoms with Crippen LogP contribution in [0.3, 0.4) is 0 Å². The van der Waals surface area contributed by atoms with Gasteiger partial charge in [-0.3, -0.25) is 14.4 Å². The zero-order valence-electron chi connectivity index (χ0n) is 22.9. The van der Waals surface area contributed by atoms with Crippen molar-refractivity contribution in [2.24, 2.45) is 5.73 Å². The van der Waals surface area contributed by atoms with E-state index in [-0.39, 0.29) is 17.8 Å². The quantitative estimate of drug-likeness (QED) is 0.415. The molecule has 3 N–H and O–H groups in total. The molecule has 0 aromatic heterocycles. The van der Waals surface area contributed by atoms with Crippen LogP contribution in [0.15, 0.2) is 54.6 Å². The van der Waals surface area contributed by atoms with Crippen molar-refractivity contribution < 1.29 is 19.1 Å². The number of aryl methyl sites for hydroxylation is 2. The van der Waals surface area contributed by atoms with Crippen molar-refractivity contribution in [3.8, 4) is 0 Å². The predicted molar refractivity (Wildman–Crippen MR) is 150 cm³/mol. The summed E-state index contributed by atoms with van der Waals surface area (Å²) >= 11 is 0. The summed E-state index contributed by atoms with van der Waals surface area (Å²) in [6, 6.07) is 17.6. The Balaban J connectivity index is 1.61. The second kappa shape index (κ2) is 14.0. The SMILES string of the molecule is CCOC(=O)CCc1ccccc1N1CCN(C(=O)[C@@H](CCCc2ccccc2)NC(=O)C(C)(C)N)CC1. The molecule has 0 spiro atoms. The van der Waals surface area contributed by atoms with Crippen molar-refractivity contribution in [1.82, 2.24) is 10.2 Å². The maximum Gasteiger partial charge on any atom is 0.306 e. The zero-order valence-corrected chi connectivity index (χ0v) is 22.9. The molecular formula is C30H42N4O4. The molecule has 0 radical (unpaired) electrons. The number of esters is 1. The van der Waals surface area contributed by atoms with E-state index in [0.29, 0.717) is 52.0 Å². The lowest BCUT2D eigenvalue weighted by Crippen LogP contribution is -2.58. The molecule has 3 rings (SSSR count). The van der Waals surface area contributed by atoms with Gasteiger partial charge >= 0.3 is 5.97 Å². The molecule has 38 heavy (non-hydrogen) atoms. The molecule has 0 bridgehead atoms. The molecule has 1 atom stereocenters. The highest BCUT2D eigenvalue weighted by Crippen LogP contribution is 2.24. The molecule has 206 valence electrons. The van der Waals surface area contributed by atoms with Gasteiger partial charge in [-0.2, -0.15) is 0 Å². The summed E-state index contributed by atoms with van der Waals surface area (Å²) in [7, 11) is 0. The summed E-state index contributed by atoms with van der Waals surface area (Å²) in [5.41, 5.74) is 8.33. The minimum atomic E-state index is -1.07. The Morgan fingerprint density at radius 2 is 1.63 bits per heavy atom. The summed E-state index contributed by atoms with van der Waals surface area (Å²) in [5.74, 6) is -0.589. The summed E-state index contributed by atoms with van der Waals surface area (Å²) in [4.78, 5) is 42.2. The molecule has 1 saturated heterocycles. The molecule has 1 fully saturated rings. The van der Waals surface area contributed by atoms with E-state index in [1.54, 1.807) is 13.8 Å². The molecule has 2 aromatic rings. The number of hydrogen-bond acceptors (Lipinski definition) is 6. The van der Waals surface area contributed by atoms with Crippen molar-refractivity contribution in [1.29, 1.82) is 0 Å². The van der Waals surface area contributed by atoms with Crippen LogP contribution in [-0.4, -0.2) is 67.1 Å². The van der Waals surface area contributed by atoms with Gasteiger partial charge < -0.3 is 25.6 Å². The van der Waals surface area contributed by atoms with Gasteiger partial charge in [0.1, 0.15) is 6.04 Å². The lowest BCUT2D eigenvalue weighted by atomic mass is 10.0. The van der Waals surface area contributed by atoms with Crippen LogP contribution in [0, 0.1) is 0 Å². The van der Waals surface area contributed by atoms with E-state index >= 15 is 0 Å². The van der Waals surface area contributed by atoms with Crippen LogP contribution < -0.4 is 16.0 Å². The van der Waals surface area contributed by atoms with Crippen molar-refractivity contribution in [3.63, 3.8) is 0 Å². The van der Waals surface area contributed by atoms with Gasteiger partial charge in [0.15, 0.2) is 0 Å². The smallest absolute Gasteiger partial charge is 0.306 e. The van der Waals surface area contributed by atoms with Crippen LogP contribution in [0.1, 0.15) is 51.2 Å². The van der Waals surface area contributed by atoms with E-state index in [2.05, 4.69) is 28.4 Å². The Labute approximate surface area is 226 Å². The predicted octanol–water partition coefficient (Wildman–Crippen LogP) is 3.08. The first-order valence-electron chi connectivity index (χ1n) is 13.6. The molecule has 0 saturated carbocycles. The summed E-state index contributed by atoms with van der Waals surface area (Å²) in [6.45, 7) is 7.95. The number of nitrogens with two attached hydrogens (primary N) is 1. The van der Waals surface area contributed by atoms with Crippen molar-refractivity contribution in [3.05, 3.63) is 65.7 Å². The molecule has 0 aliphatic carbocycles. The van der Waals surface area contributed by atoms with Gasteiger partial charge in [-0.25, -0.2) is 0 Å². The number of nitrogens with zero attached hydrogens (tertiary/aromatic N) is 2. The molecule has 8 nitrogen and oxygen atoms in total. The second-order valence-corrected chi connectivity index (χ2v) is 10.4. The van der Waals surface area contributed by atoms with E-state index in [9.17, 15) is 14.4 Å². The molecule has 1 aliphatic heterocycles. The summed E-state index contributed by atoms with van der Waals surface area (Å²) in [5, 5.41) is 2.92. The largest absolute Gasteiger partial charge is 0.466 e. The molecule has 0 unspecified atom stereocenters. The molecule has 2 amide bonds. The number of rotatable bonds is 12. The Kier molecular flexibility index (Phi) is 10.7. The normalized spacial score (nSPS) is 14.6. The van der Waals surface area contributed by atoms with Gasteiger partial charge in [0.05, 0.1) is 12.1 Å². The highest BCUT2D eigenvalue weighted by molar-refractivity contribution is 5.91. The van der Waals surface area contributed by atoms with Crippen LogP contribution in [0.25, 0.3) is 0 Å². The molecule has 2 aromatic carbocycles. The Hall–Kier alpha value is -3.39. The van der Waals surface area contributed by atoms with Gasteiger partial charge in [-0.1, -0.05) is 48.5 Å². The topological polar surface area (TPSA) is 105 Å². The standard InChI is InChI=1S/C30H42N4O4/c1-4-38-27(35)18-17-24-14-8-9-16-26(24)33-19-21-34(22-20-33)28(36)25(32-29(37)30(2,3)31)15-10-13-23-11-6-5-7-12-23/h5-9,11-12,14,16,25H,4,10,13,15,17-22,31H2,1-3H3,(H,32,37)/t25-/m1/s1. The van der Waals surface area contributed by atoms with E-state index in [4.69, 9.17) is 10.5 Å². The van der Waals surface area contributed by atoms with E-state index in [0.717, 1.165) is 24.1 Å². The average Bonchev–Trinajstić information content (AvgIpc) is 2.91. The number of para-hydroxylation sites is 1. The maximum absolute atomic E-state index is 13.6. The van der Waals surface area contributed by atoms with Crippen molar-refractivity contribution in [2.45, 2.75) is 64.5 Å². The fourth-order valence-electron chi connectivity index (χ4n) is 4.65. The first-order valence-corrected chi connectivity index (χ1v) is 13.6.